The van der Waals surface area contributed by atoms with Crippen LogP contribution >= 0.6 is 0 Å². The Hall–Kier alpha value is -1.58. The van der Waals surface area contributed by atoms with Gasteiger partial charge in [-0.25, -0.2) is 0 Å². The van der Waals surface area contributed by atoms with E-state index >= 15 is 0 Å². The molecular formula is C17H23NO2. The van der Waals surface area contributed by atoms with Crippen molar-refractivity contribution in [3.8, 4) is 5.75 Å². The number of fused-ring (bicyclic) bond motifs is 1. The molecule has 0 aliphatic carbocycles. The second-order valence-electron chi connectivity index (χ2n) is 5.42. The van der Waals surface area contributed by atoms with Gasteiger partial charge in [0.25, 0.3) is 0 Å². The molecule has 2 aromatic rings. The van der Waals surface area contributed by atoms with Gasteiger partial charge in [0, 0.05) is 13.1 Å². The molecule has 0 aromatic heterocycles. The summed E-state index contributed by atoms with van der Waals surface area (Å²) in [5, 5.41) is 11.7. The van der Waals surface area contributed by atoms with E-state index in [2.05, 4.69) is 42.3 Å². The first-order valence-electron chi connectivity index (χ1n) is 7.02. The van der Waals surface area contributed by atoms with Crippen LogP contribution < -0.4 is 4.74 Å². The highest BCUT2D eigenvalue weighted by Crippen LogP contribution is 2.22. The summed E-state index contributed by atoms with van der Waals surface area (Å²) in [7, 11) is 3.77. The van der Waals surface area contributed by atoms with Crippen LogP contribution in [-0.4, -0.2) is 36.8 Å². The lowest BCUT2D eigenvalue weighted by atomic mass is 10.1. The second kappa shape index (κ2) is 6.73. The van der Waals surface area contributed by atoms with Crippen molar-refractivity contribution in [1.82, 2.24) is 4.90 Å². The van der Waals surface area contributed by atoms with Crippen LogP contribution in [0.3, 0.4) is 0 Å². The van der Waals surface area contributed by atoms with Crippen molar-refractivity contribution in [2.45, 2.75) is 26.0 Å². The number of rotatable bonds is 6. The van der Waals surface area contributed by atoms with E-state index in [0.29, 0.717) is 0 Å². The monoisotopic (exact) mass is 273 g/mol. The second-order valence-corrected chi connectivity index (χ2v) is 5.42. The summed E-state index contributed by atoms with van der Waals surface area (Å²) >= 11 is 0. The Bertz CT molecular complexity index is 566. The van der Waals surface area contributed by atoms with Crippen molar-refractivity contribution in [2.24, 2.45) is 0 Å². The molecule has 2 aromatic carbocycles. The van der Waals surface area contributed by atoms with Crippen LogP contribution in [0.2, 0.25) is 0 Å². The average Bonchev–Trinajstić information content (AvgIpc) is 2.44. The van der Waals surface area contributed by atoms with Gasteiger partial charge >= 0.3 is 0 Å². The molecule has 0 fully saturated rings. The lowest BCUT2D eigenvalue weighted by molar-refractivity contribution is 0.163. The van der Waals surface area contributed by atoms with Crippen LogP contribution in [0.15, 0.2) is 36.4 Å². The quantitative estimate of drug-likeness (QED) is 0.878. The molecule has 0 spiro atoms. The maximum absolute atomic E-state index is 9.32. The van der Waals surface area contributed by atoms with E-state index < -0.39 is 0 Å². The Balaban J connectivity index is 2.08. The van der Waals surface area contributed by atoms with Crippen molar-refractivity contribution < 1.29 is 9.84 Å². The number of benzene rings is 2. The van der Waals surface area contributed by atoms with E-state index in [-0.39, 0.29) is 6.10 Å². The summed E-state index contributed by atoms with van der Waals surface area (Å²) in [5.41, 5.74) is 1.29. The van der Waals surface area contributed by atoms with Crippen LogP contribution in [-0.2, 0) is 6.54 Å². The summed E-state index contributed by atoms with van der Waals surface area (Å²) in [6, 6.07) is 12.6. The molecule has 0 heterocycles. The first-order valence-corrected chi connectivity index (χ1v) is 7.02. The van der Waals surface area contributed by atoms with E-state index in [1.165, 1.54) is 16.3 Å². The zero-order valence-corrected chi connectivity index (χ0v) is 12.5. The van der Waals surface area contributed by atoms with Gasteiger partial charge in [0.1, 0.15) is 5.75 Å². The predicted octanol–water partition coefficient (Wildman–Crippen LogP) is 3.05. The van der Waals surface area contributed by atoms with Crippen molar-refractivity contribution in [3.05, 3.63) is 42.0 Å². The molecule has 0 saturated carbocycles. The van der Waals surface area contributed by atoms with Crippen LogP contribution in [0.1, 0.15) is 18.9 Å². The number of hydrogen-bond acceptors (Lipinski definition) is 3. The van der Waals surface area contributed by atoms with Gasteiger partial charge in [0.2, 0.25) is 0 Å². The fraction of sp³-hybridized carbons (Fsp3) is 0.412. The Labute approximate surface area is 120 Å². The molecule has 0 radical (unpaired) electrons. The molecule has 0 bridgehead atoms. The topological polar surface area (TPSA) is 32.7 Å². The Morgan fingerprint density at radius 3 is 2.55 bits per heavy atom. The molecule has 0 aliphatic rings. The fourth-order valence-electron chi connectivity index (χ4n) is 2.30. The molecule has 2 rings (SSSR count). The average molecular weight is 273 g/mol. The van der Waals surface area contributed by atoms with Crippen LogP contribution in [0, 0.1) is 0 Å². The number of hydrogen-bond donors (Lipinski definition) is 1. The SMILES string of the molecule is COc1ccc2cc(CN(C)CCC(C)O)ccc2c1. The molecule has 1 atom stereocenters. The minimum Gasteiger partial charge on any atom is -0.497 e. The molecule has 0 aliphatic heterocycles. The number of methoxy groups -OCH3 is 1. The Morgan fingerprint density at radius 2 is 1.85 bits per heavy atom. The molecular weight excluding hydrogens is 250 g/mol. The molecule has 3 nitrogen and oxygen atoms in total. The van der Waals surface area contributed by atoms with E-state index in [1.807, 2.05) is 13.0 Å². The lowest BCUT2D eigenvalue weighted by Crippen LogP contribution is -2.22. The lowest BCUT2D eigenvalue weighted by Gasteiger charge is -2.18. The number of nitrogens with zero attached hydrogens (tertiary/aromatic N) is 1. The molecule has 108 valence electrons. The third-order valence-corrected chi connectivity index (χ3v) is 3.49. The minimum absolute atomic E-state index is 0.235. The van der Waals surface area contributed by atoms with Crippen LogP contribution in [0.5, 0.6) is 5.75 Å². The maximum atomic E-state index is 9.32. The molecule has 20 heavy (non-hydrogen) atoms. The van der Waals surface area contributed by atoms with Gasteiger partial charge in [-0.15, -0.1) is 0 Å². The van der Waals surface area contributed by atoms with Crippen molar-refractivity contribution >= 4 is 10.8 Å². The van der Waals surface area contributed by atoms with Crippen LogP contribution in [0.25, 0.3) is 10.8 Å². The van der Waals surface area contributed by atoms with Crippen LogP contribution in [0.4, 0.5) is 0 Å². The zero-order valence-electron chi connectivity index (χ0n) is 12.5. The number of aliphatic hydroxyl groups is 1. The van der Waals surface area contributed by atoms with Gasteiger partial charge in [-0.3, -0.25) is 0 Å². The largest absolute Gasteiger partial charge is 0.497 e. The standard InChI is InChI=1S/C17H23NO2/c1-13(19)8-9-18(2)12-14-4-5-16-11-17(20-3)7-6-15(16)10-14/h4-7,10-11,13,19H,8-9,12H2,1-3H3. The normalized spacial score (nSPS) is 12.8. The van der Waals surface area contributed by atoms with E-state index in [9.17, 15) is 5.11 Å². The minimum atomic E-state index is -0.235. The summed E-state index contributed by atoms with van der Waals surface area (Å²) in [5.74, 6) is 0.888. The number of ether oxygens (including phenoxy) is 1. The molecule has 1 unspecified atom stereocenters. The maximum Gasteiger partial charge on any atom is 0.119 e. The van der Waals surface area contributed by atoms with Gasteiger partial charge in [0.05, 0.1) is 13.2 Å². The Morgan fingerprint density at radius 1 is 1.15 bits per heavy atom. The molecule has 0 saturated heterocycles. The third-order valence-electron chi connectivity index (χ3n) is 3.49. The van der Waals surface area contributed by atoms with Crippen molar-refractivity contribution in [1.29, 1.82) is 0 Å². The summed E-state index contributed by atoms with van der Waals surface area (Å²) in [4.78, 5) is 2.23. The zero-order chi connectivity index (χ0) is 14.5. The van der Waals surface area contributed by atoms with Crippen molar-refractivity contribution in [3.63, 3.8) is 0 Å². The summed E-state index contributed by atoms with van der Waals surface area (Å²) in [6.07, 6.45) is 0.572. The Kier molecular flexibility index (Phi) is 4.99. The molecule has 0 amide bonds. The highest BCUT2D eigenvalue weighted by Gasteiger charge is 2.04. The van der Waals surface area contributed by atoms with Gasteiger partial charge in [-0.2, -0.15) is 0 Å². The molecule has 1 N–H and O–H groups in total. The van der Waals surface area contributed by atoms with E-state index in [4.69, 9.17) is 4.74 Å². The van der Waals surface area contributed by atoms with Gasteiger partial charge in [0.15, 0.2) is 0 Å². The fourth-order valence-corrected chi connectivity index (χ4v) is 2.30. The number of aliphatic hydroxyl groups excluding tert-OH is 1. The first-order chi connectivity index (χ1) is 9.58. The summed E-state index contributed by atoms with van der Waals surface area (Å²) in [6.45, 7) is 3.63. The highest BCUT2D eigenvalue weighted by molar-refractivity contribution is 5.84. The smallest absolute Gasteiger partial charge is 0.119 e. The van der Waals surface area contributed by atoms with Gasteiger partial charge in [-0.05, 0) is 54.9 Å². The van der Waals surface area contributed by atoms with E-state index in [1.54, 1.807) is 7.11 Å². The van der Waals surface area contributed by atoms with E-state index in [0.717, 1.165) is 25.3 Å². The first kappa shape index (κ1) is 14.8. The highest BCUT2D eigenvalue weighted by atomic mass is 16.5. The van der Waals surface area contributed by atoms with Gasteiger partial charge in [-0.1, -0.05) is 18.2 Å². The van der Waals surface area contributed by atoms with Gasteiger partial charge < -0.3 is 14.7 Å². The van der Waals surface area contributed by atoms with Crippen molar-refractivity contribution in [2.75, 3.05) is 20.7 Å². The summed E-state index contributed by atoms with van der Waals surface area (Å²) < 4.78 is 5.24. The predicted molar refractivity (Wildman–Crippen MR) is 83.1 cm³/mol. The third kappa shape index (κ3) is 3.95. The molecule has 3 heteroatoms.